The van der Waals surface area contributed by atoms with E-state index in [4.69, 9.17) is 4.98 Å². The van der Waals surface area contributed by atoms with Crippen LogP contribution < -0.4 is 4.90 Å². The van der Waals surface area contributed by atoms with Crippen molar-refractivity contribution in [2.24, 2.45) is 0 Å². The summed E-state index contributed by atoms with van der Waals surface area (Å²) in [5.74, 6) is 0.0108. The Labute approximate surface area is 152 Å². The summed E-state index contributed by atoms with van der Waals surface area (Å²) in [4.78, 5) is 21.9. The van der Waals surface area contributed by atoms with Gasteiger partial charge in [-0.25, -0.2) is 4.98 Å². The number of hydrogen-bond acceptors (Lipinski definition) is 4. The van der Waals surface area contributed by atoms with Crippen LogP contribution in [0.25, 0.3) is 10.2 Å². The average molecular weight is 353 g/mol. The lowest BCUT2D eigenvalue weighted by molar-refractivity contribution is 0.0984. The van der Waals surface area contributed by atoms with Gasteiger partial charge in [0.05, 0.1) is 10.2 Å². The van der Waals surface area contributed by atoms with E-state index in [1.165, 1.54) is 0 Å². The van der Waals surface area contributed by atoms with Crippen molar-refractivity contribution in [3.63, 3.8) is 0 Å². The summed E-state index contributed by atoms with van der Waals surface area (Å²) >= 11 is 1.58. The Hall–Kier alpha value is -2.24. The van der Waals surface area contributed by atoms with Gasteiger partial charge in [-0.2, -0.15) is 0 Å². The average Bonchev–Trinajstić information content (AvgIpc) is 3.00. The number of aromatic nitrogens is 1. The zero-order valence-corrected chi connectivity index (χ0v) is 15.9. The highest BCUT2D eigenvalue weighted by Gasteiger charge is 2.22. The number of thiazole rings is 1. The minimum atomic E-state index is 0.0108. The minimum Gasteiger partial charge on any atom is -0.308 e. The smallest absolute Gasteiger partial charge is 0.260 e. The number of fused-ring (bicyclic) bond motifs is 1. The van der Waals surface area contributed by atoms with Gasteiger partial charge in [0.2, 0.25) is 0 Å². The first kappa shape index (κ1) is 17.6. The van der Waals surface area contributed by atoms with E-state index >= 15 is 0 Å². The number of carbonyl (C=O) groups is 1. The maximum atomic E-state index is 13.2. The van der Waals surface area contributed by atoms with Gasteiger partial charge in [0.15, 0.2) is 5.13 Å². The Morgan fingerprint density at radius 3 is 2.40 bits per heavy atom. The monoisotopic (exact) mass is 353 g/mol. The Morgan fingerprint density at radius 2 is 1.72 bits per heavy atom. The highest BCUT2D eigenvalue weighted by molar-refractivity contribution is 7.22. The van der Waals surface area contributed by atoms with Gasteiger partial charge in [-0.05, 0) is 51.2 Å². The van der Waals surface area contributed by atoms with Crippen LogP contribution in [0.15, 0.2) is 42.5 Å². The molecular formula is C20H23N3OS. The molecule has 0 atom stereocenters. The second kappa shape index (κ2) is 7.33. The molecule has 1 amide bonds. The number of rotatable bonds is 5. The highest BCUT2D eigenvalue weighted by atomic mass is 32.1. The summed E-state index contributed by atoms with van der Waals surface area (Å²) in [5, 5.41) is 0.763. The van der Waals surface area contributed by atoms with Gasteiger partial charge in [0, 0.05) is 18.7 Å². The molecule has 4 nitrogen and oxygen atoms in total. The molecular weight excluding hydrogens is 330 g/mol. The number of anilines is 1. The van der Waals surface area contributed by atoms with Crippen LogP contribution in [0.3, 0.4) is 0 Å². The molecule has 0 spiro atoms. The zero-order chi connectivity index (χ0) is 18.0. The second-order valence-electron chi connectivity index (χ2n) is 6.49. The van der Waals surface area contributed by atoms with Gasteiger partial charge < -0.3 is 4.90 Å². The summed E-state index contributed by atoms with van der Waals surface area (Å²) in [5.41, 5.74) is 3.84. The molecule has 0 unspecified atom stereocenters. The van der Waals surface area contributed by atoms with Crippen LogP contribution in [0, 0.1) is 13.8 Å². The molecule has 0 aliphatic heterocycles. The second-order valence-corrected chi connectivity index (χ2v) is 7.50. The molecule has 5 heteroatoms. The topological polar surface area (TPSA) is 36.4 Å². The molecule has 0 saturated heterocycles. The maximum Gasteiger partial charge on any atom is 0.260 e. The Morgan fingerprint density at radius 1 is 1.00 bits per heavy atom. The lowest BCUT2D eigenvalue weighted by Gasteiger charge is -2.22. The van der Waals surface area contributed by atoms with Crippen LogP contribution >= 0.6 is 11.3 Å². The van der Waals surface area contributed by atoms with Crippen LogP contribution in [0.1, 0.15) is 21.5 Å². The molecule has 1 aromatic heterocycles. The SMILES string of the molecule is Cc1ccccc1C(=O)N(CCN(C)C)c1nc2c(C)cccc2s1. The van der Waals surface area contributed by atoms with Crippen LogP contribution in [0.2, 0.25) is 0 Å². The molecule has 25 heavy (non-hydrogen) atoms. The number of carbonyl (C=O) groups excluding carboxylic acids is 1. The maximum absolute atomic E-state index is 13.2. The van der Waals surface area contributed by atoms with Gasteiger partial charge in [-0.1, -0.05) is 41.7 Å². The molecule has 0 aliphatic rings. The fraction of sp³-hybridized carbons (Fsp3) is 0.300. The lowest BCUT2D eigenvalue weighted by atomic mass is 10.1. The quantitative estimate of drug-likeness (QED) is 0.692. The van der Waals surface area contributed by atoms with E-state index in [2.05, 4.69) is 24.0 Å². The number of amides is 1. The molecule has 3 rings (SSSR count). The Balaban J connectivity index is 2.03. The molecule has 0 aliphatic carbocycles. The van der Waals surface area contributed by atoms with Crippen molar-refractivity contribution in [2.45, 2.75) is 13.8 Å². The van der Waals surface area contributed by atoms with Gasteiger partial charge in [0.1, 0.15) is 0 Å². The zero-order valence-electron chi connectivity index (χ0n) is 15.1. The first-order valence-corrected chi connectivity index (χ1v) is 9.17. The third kappa shape index (κ3) is 3.72. The fourth-order valence-corrected chi connectivity index (χ4v) is 3.80. The third-order valence-corrected chi connectivity index (χ3v) is 5.28. The van der Waals surface area contributed by atoms with E-state index in [1.807, 2.05) is 56.3 Å². The first-order chi connectivity index (χ1) is 12.0. The van der Waals surface area contributed by atoms with Crippen molar-refractivity contribution in [1.29, 1.82) is 0 Å². The summed E-state index contributed by atoms with van der Waals surface area (Å²) < 4.78 is 1.11. The Kier molecular flexibility index (Phi) is 5.16. The van der Waals surface area contributed by atoms with Gasteiger partial charge in [-0.3, -0.25) is 9.69 Å². The molecule has 1 heterocycles. The van der Waals surface area contributed by atoms with Crippen LogP contribution in [0.5, 0.6) is 0 Å². The van der Waals surface area contributed by atoms with Crippen LogP contribution in [-0.4, -0.2) is 43.0 Å². The molecule has 0 radical (unpaired) electrons. The molecule has 0 fully saturated rings. The van der Waals surface area contributed by atoms with E-state index in [1.54, 1.807) is 11.3 Å². The van der Waals surface area contributed by atoms with Crippen molar-refractivity contribution in [3.05, 3.63) is 59.2 Å². The first-order valence-electron chi connectivity index (χ1n) is 8.36. The summed E-state index contributed by atoms with van der Waals surface area (Å²) in [7, 11) is 4.03. The molecule has 3 aromatic rings. The summed E-state index contributed by atoms with van der Waals surface area (Å²) in [6.07, 6.45) is 0. The summed E-state index contributed by atoms with van der Waals surface area (Å²) in [6, 6.07) is 13.9. The molecule has 0 saturated carbocycles. The predicted octanol–water partition coefficient (Wildman–Crippen LogP) is 4.12. The summed E-state index contributed by atoms with van der Waals surface area (Å²) in [6.45, 7) is 5.42. The molecule has 2 aromatic carbocycles. The number of hydrogen-bond donors (Lipinski definition) is 0. The molecule has 130 valence electrons. The van der Waals surface area contributed by atoms with Gasteiger partial charge >= 0.3 is 0 Å². The largest absolute Gasteiger partial charge is 0.308 e. The number of para-hydroxylation sites is 1. The third-order valence-electron chi connectivity index (χ3n) is 4.23. The highest BCUT2D eigenvalue weighted by Crippen LogP contribution is 2.31. The van der Waals surface area contributed by atoms with Gasteiger partial charge in [0.25, 0.3) is 5.91 Å². The van der Waals surface area contributed by atoms with Crippen molar-refractivity contribution in [1.82, 2.24) is 9.88 Å². The van der Waals surface area contributed by atoms with E-state index < -0.39 is 0 Å². The number of nitrogens with zero attached hydrogens (tertiary/aromatic N) is 3. The van der Waals surface area contributed by atoms with Gasteiger partial charge in [-0.15, -0.1) is 0 Å². The molecule has 0 N–H and O–H groups in total. The van der Waals surface area contributed by atoms with Crippen molar-refractivity contribution >= 4 is 32.6 Å². The van der Waals surface area contributed by atoms with Crippen molar-refractivity contribution in [2.75, 3.05) is 32.1 Å². The standard InChI is InChI=1S/C20H23N3OS/c1-14-8-5-6-10-16(14)19(24)23(13-12-22(3)4)20-21-18-15(2)9-7-11-17(18)25-20/h5-11H,12-13H2,1-4H3. The number of likely N-dealkylation sites (N-methyl/N-ethyl adjacent to an activating group) is 1. The van der Waals surface area contributed by atoms with Crippen LogP contribution in [-0.2, 0) is 0 Å². The Bertz CT molecular complexity index is 901. The predicted molar refractivity (Wildman–Crippen MR) is 106 cm³/mol. The van der Waals surface area contributed by atoms with E-state index in [0.29, 0.717) is 6.54 Å². The number of aryl methyl sites for hydroxylation is 2. The minimum absolute atomic E-state index is 0.0108. The van der Waals surface area contributed by atoms with Crippen LogP contribution in [0.4, 0.5) is 5.13 Å². The number of benzene rings is 2. The van der Waals surface area contributed by atoms with E-state index in [-0.39, 0.29) is 5.91 Å². The lowest BCUT2D eigenvalue weighted by Crippen LogP contribution is -2.37. The van der Waals surface area contributed by atoms with Crippen molar-refractivity contribution < 1.29 is 4.79 Å². The van der Waals surface area contributed by atoms with E-state index in [0.717, 1.165) is 38.6 Å². The van der Waals surface area contributed by atoms with E-state index in [9.17, 15) is 4.79 Å². The van der Waals surface area contributed by atoms with Crippen molar-refractivity contribution in [3.8, 4) is 0 Å². The normalized spacial score (nSPS) is 11.2. The fourth-order valence-electron chi connectivity index (χ4n) is 2.73. The molecule has 0 bridgehead atoms.